The highest BCUT2D eigenvalue weighted by atomic mass is 35.5. The molecule has 0 amide bonds. The second-order valence-corrected chi connectivity index (χ2v) is 10.4. The SMILES string of the molecule is CCN1CCc2c(sc3nc(SCc4ccc(Cl)cc4)n(-c4ccc(OC)cc4)c(=O)c23)C1. The van der Waals surface area contributed by atoms with E-state index >= 15 is 0 Å². The van der Waals surface area contributed by atoms with Gasteiger partial charge in [0.25, 0.3) is 5.56 Å². The van der Waals surface area contributed by atoms with E-state index in [-0.39, 0.29) is 5.56 Å². The van der Waals surface area contributed by atoms with Crippen LogP contribution in [0.5, 0.6) is 5.75 Å². The first-order valence-electron chi connectivity index (χ1n) is 10.9. The molecule has 33 heavy (non-hydrogen) atoms. The molecule has 0 saturated carbocycles. The lowest BCUT2D eigenvalue weighted by molar-refractivity contribution is 0.272. The monoisotopic (exact) mass is 497 g/mol. The van der Waals surface area contributed by atoms with Gasteiger partial charge in [-0.1, -0.05) is 42.4 Å². The fourth-order valence-electron chi connectivity index (χ4n) is 4.13. The Labute approximate surface area is 206 Å². The number of halogens is 1. The van der Waals surface area contributed by atoms with Crippen LogP contribution in [0, 0.1) is 0 Å². The molecule has 1 aliphatic heterocycles. The zero-order valence-electron chi connectivity index (χ0n) is 18.5. The van der Waals surface area contributed by atoms with Gasteiger partial charge in [-0.05, 0) is 60.5 Å². The summed E-state index contributed by atoms with van der Waals surface area (Å²) in [5, 5.41) is 2.18. The van der Waals surface area contributed by atoms with Crippen LogP contribution in [0.4, 0.5) is 0 Å². The number of likely N-dealkylation sites (N-methyl/N-ethyl adjacent to an activating group) is 1. The van der Waals surface area contributed by atoms with E-state index in [0.717, 1.165) is 53.3 Å². The number of hydrogen-bond acceptors (Lipinski definition) is 6. The molecule has 5 rings (SSSR count). The molecule has 8 heteroatoms. The van der Waals surface area contributed by atoms with Crippen molar-refractivity contribution < 1.29 is 4.74 Å². The van der Waals surface area contributed by atoms with Crippen molar-refractivity contribution in [3.63, 3.8) is 0 Å². The molecule has 0 saturated heterocycles. The predicted octanol–water partition coefficient (Wildman–Crippen LogP) is 5.78. The maximum atomic E-state index is 13.9. The van der Waals surface area contributed by atoms with Crippen molar-refractivity contribution in [3.8, 4) is 11.4 Å². The number of aromatic nitrogens is 2. The molecule has 0 N–H and O–H groups in total. The van der Waals surface area contributed by atoms with Crippen LogP contribution in [0.2, 0.25) is 5.02 Å². The van der Waals surface area contributed by atoms with Crippen LogP contribution in [-0.2, 0) is 18.7 Å². The van der Waals surface area contributed by atoms with Gasteiger partial charge in [0.2, 0.25) is 0 Å². The van der Waals surface area contributed by atoms with Crippen molar-refractivity contribution in [2.75, 3.05) is 20.2 Å². The van der Waals surface area contributed by atoms with Crippen molar-refractivity contribution in [1.82, 2.24) is 14.5 Å². The van der Waals surface area contributed by atoms with Crippen molar-refractivity contribution in [2.24, 2.45) is 0 Å². The Hall–Kier alpha value is -2.32. The zero-order chi connectivity index (χ0) is 22.9. The van der Waals surface area contributed by atoms with Gasteiger partial charge in [0.15, 0.2) is 5.16 Å². The first-order valence-corrected chi connectivity index (χ1v) is 13.1. The molecule has 5 nitrogen and oxygen atoms in total. The Kier molecular flexibility index (Phi) is 6.47. The Balaban J connectivity index is 1.62. The second kappa shape index (κ2) is 9.50. The largest absolute Gasteiger partial charge is 0.497 e. The lowest BCUT2D eigenvalue weighted by Gasteiger charge is -2.25. The van der Waals surface area contributed by atoms with Gasteiger partial charge < -0.3 is 4.74 Å². The van der Waals surface area contributed by atoms with Crippen LogP contribution in [-0.4, -0.2) is 34.7 Å². The number of methoxy groups -OCH3 is 1. The lowest BCUT2D eigenvalue weighted by Crippen LogP contribution is -2.30. The number of benzene rings is 2. The van der Waals surface area contributed by atoms with E-state index in [4.69, 9.17) is 21.3 Å². The van der Waals surface area contributed by atoms with Crippen LogP contribution in [0.3, 0.4) is 0 Å². The van der Waals surface area contributed by atoms with E-state index in [2.05, 4.69) is 11.8 Å². The van der Waals surface area contributed by atoms with Crippen molar-refractivity contribution >= 4 is 44.9 Å². The molecular formula is C25H24ClN3O2S2. The third kappa shape index (κ3) is 4.43. The summed E-state index contributed by atoms with van der Waals surface area (Å²) < 4.78 is 7.06. The minimum Gasteiger partial charge on any atom is -0.497 e. The quantitative estimate of drug-likeness (QED) is 0.249. The van der Waals surface area contributed by atoms with E-state index in [1.54, 1.807) is 34.8 Å². The molecule has 4 aromatic rings. The van der Waals surface area contributed by atoms with Gasteiger partial charge in [0, 0.05) is 28.7 Å². The topological polar surface area (TPSA) is 47.4 Å². The van der Waals surface area contributed by atoms with E-state index in [9.17, 15) is 4.79 Å². The van der Waals surface area contributed by atoms with Gasteiger partial charge in [-0.3, -0.25) is 14.3 Å². The van der Waals surface area contributed by atoms with Gasteiger partial charge in [0.1, 0.15) is 10.6 Å². The number of thioether (sulfide) groups is 1. The van der Waals surface area contributed by atoms with Crippen molar-refractivity contribution in [2.45, 2.75) is 30.8 Å². The third-order valence-electron chi connectivity index (χ3n) is 5.98. The number of thiophene rings is 1. The smallest absolute Gasteiger partial charge is 0.267 e. The second-order valence-electron chi connectivity index (χ2n) is 7.95. The molecular weight excluding hydrogens is 474 g/mol. The Morgan fingerprint density at radius 3 is 2.61 bits per heavy atom. The number of rotatable bonds is 6. The normalized spacial score (nSPS) is 13.9. The van der Waals surface area contributed by atoms with Gasteiger partial charge in [-0.15, -0.1) is 11.3 Å². The molecule has 0 fully saturated rings. The van der Waals surface area contributed by atoms with Crippen LogP contribution in [0.1, 0.15) is 22.9 Å². The molecule has 0 aliphatic carbocycles. The molecule has 3 heterocycles. The minimum absolute atomic E-state index is 0.00576. The lowest BCUT2D eigenvalue weighted by atomic mass is 10.1. The van der Waals surface area contributed by atoms with Crippen LogP contribution in [0.15, 0.2) is 58.5 Å². The summed E-state index contributed by atoms with van der Waals surface area (Å²) >= 11 is 9.27. The molecule has 2 aromatic carbocycles. The highest BCUT2D eigenvalue weighted by molar-refractivity contribution is 7.98. The average molecular weight is 498 g/mol. The highest BCUT2D eigenvalue weighted by Crippen LogP contribution is 2.35. The molecule has 0 atom stereocenters. The minimum atomic E-state index is 0.00576. The molecule has 0 spiro atoms. The fourth-order valence-corrected chi connectivity index (χ4v) is 6.53. The molecule has 0 bridgehead atoms. The summed E-state index contributed by atoms with van der Waals surface area (Å²) in [7, 11) is 1.64. The first-order chi connectivity index (χ1) is 16.1. The highest BCUT2D eigenvalue weighted by Gasteiger charge is 2.25. The van der Waals surface area contributed by atoms with E-state index < -0.39 is 0 Å². The summed E-state index contributed by atoms with van der Waals surface area (Å²) in [6.07, 6.45) is 0.889. The van der Waals surface area contributed by atoms with Crippen molar-refractivity contribution in [3.05, 3.63) is 79.9 Å². The number of nitrogens with zero attached hydrogens (tertiary/aromatic N) is 3. The van der Waals surface area contributed by atoms with Gasteiger partial charge >= 0.3 is 0 Å². The summed E-state index contributed by atoms with van der Waals surface area (Å²) in [6, 6.07) is 15.4. The van der Waals surface area contributed by atoms with Crippen LogP contribution < -0.4 is 10.3 Å². The number of hydrogen-bond donors (Lipinski definition) is 0. The van der Waals surface area contributed by atoms with Crippen LogP contribution in [0.25, 0.3) is 15.9 Å². The van der Waals surface area contributed by atoms with Crippen LogP contribution >= 0.6 is 34.7 Å². The molecule has 2 aromatic heterocycles. The molecule has 0 radical (unpaired) electrons. The maximum absolute atomic E-state index is 13.9. The third-order valence-corrected chi connectivity index (χ3v) is 8.35. The Bertz CT molecular complexity index is 1350. The van der Waals surface area contributed by atoms with Gasteiger partial charge in [-0.25, -0.2) is 4.98 Å². The fraction of sp³-hybridized carbons (Fsp3) is 0.280. The number of ether oxygens (including phenoxy) is 1. The predicted molar refractivity (Wildman–Crippen MR) is 137 cm³/mol. The Morgan fingerprint density at radius 2 is 1.91 bits per heavy atom. The van der Waals surface area contributed by atoms with Gasteiger partial charge in [-0.2, -0.15) is 0 Å². The van der Waals surface area contributed by atoms with Gasteiger partial charge in [0.05, 0.1) is 18.2 Å². The average Bonchev–Trinajstić information content (AvgIpc) is 3.21. The maximum Gasteiger partial charge on any atom is 0.267 e. The van der Waals surface area contributed by atoms with E-state index in [1.165, 1.54) is 10.4 Å². The summed E-state index contributed by atoms with van der Waals surface area (Å²) in [5.74, 6) is 1.45. The first kappa shape index (κ1) is 22.5. The van der Waals surface area contributed by atoms with E-state index in [1.807, 2.05) is 48.5 Å². The van der Waals surface area contributed by atoms with E-state index in [0.29, 0.717) is 15.9 Å². The summed E-state index contributed by atoms with van der Waals surface area (Å²) in [4.78, 5) is 23.4. The van der Waals surface area contributed by atoms with Crippen molar-refractivity contribution in [1.29, 1.82) is 0 Å². The molecule has 170 valence electrons. The Morgan fingerprint density at radius 1 is 1.15 bits per heavy atom. The number of fused-ring (bicyclic) bond motifs is 3. The zero-order valence-corrected chi connectivity index (χ0v) is 20.9. The standard InChI is InChI=1S/C25H24ClN3O2S2/c1-3-28-13-12-20-21(14-28)33-23-22(20)24(30)29(18-8-10-19(31-2)11-9-18)25(27-23)32-15-16-4-6-17(26)7-5-16/h4-11H,3,12-15H2,1-2H3. The summed E-state index contributed by atoms with van der Waals surface area (Å²) in [6.45, 7) is 5.06. The molecule has 1 aliphatic rings. The summed E-state index contributed by atoms with van der Waals surface area (Å²) in [5.41, 5.74) is 3.10. The molecule has 0 unspecified atom stereocenters.